The van der Waals surface area contributed by atoms with Gasteiger partial charge in [0.05, 0.1) is 12.8 Å². The van der Waals surface area contributed by atoms with Crippen molar-refractivity contribution in [2.45, 2.75) is 19.8 Å². The van der Waals surface area contributed by atoms with Crippen molar-refractivity contribution < 1.29 is 4.74 Å². The van der Waals surface area contributed by atoms with Gasteiger partial charge in [-0.15, -0.1) is 0 Å². The normalized spacial score (nSPS) is 10.5. The number of aromatic nitrogens is 2. The van der Waals surface area contributed by atoms with Gasteiger partial charge < -0.3 is 10.5 Å². The molecule has 1 aromatic carbocycles. The lowest BCUT2D eigenvalue weighted by atomic mass is 10.1. The first-order valence-electron chi connectivity index (χ1n) is 6.42. The lowest BCUT2D eigenvalue weighted by Crippen LogP contribution is -2.04. The van der Waals surface area contributed by atoms with Crippen molar-refractivity contribution in [1.29, 1.82) is 0 Å². The third kappa shape index (κ3) is 3.51. The predicted molar refractivity (Wildman–Crippen MR) is 76.1 cm³/mol. The van der Waals surface area contributed by atoms with Gasteiger partial charge in [-0.2, -0.15) is 0 Å². The second-order valence-corrected chi connectivity index (χ2v) is 4.43. The van der Waals surface area contributed by atoms with Crippen molar-refractivity contribution >= 4 is 0 Å². The van der Waals surface area contributed by atoms with Gasteiger partial charge in [0.1, 0.15) is 11.6 Å². The molecule has 0 fully saturated rings. The average Bonchev–Trinajstić information content (AvgIpc) is 2.44. The SMILES string of the molecule is COc1cccc(-c2cc(C)nc(CCCN)n2)c1. The number of ether oxygens (including phenoxy) is 1. The lowest BCUT2D eigenvalue weighted by Gasteiger charge is -2.07. The number of aryl methyl sites for hydroxylation is 2. The molecule has 0 atom stereocenters. The maximum atomic E-state index is 5.53. The first kappa shape index (κ1) is 13.5. The van der Waals surface area contributed by atoms with E-state index in [1.807, 2.05) is 37.3 Å². The van der Waals surface area contributed by atoms with Gasteiger partial charge in [0, 0.05) is 17.7 Å². The number of methoxy groups -OCH3 is 1. The zero-order chi connectivity index (χ0) is 13.7. The van der Waals surface area contributed by atoms with Crippen LogP contribution in [-0.4, -0.2) is 23.6 Å². The molecular formula is C15H19N3O. The predicted octanol–water partition coefficient (Wildman–Crippen LogP) is 2.35. The fourth-order valence-electron chi connectivity index (χ4n) is 1.93. The quantitative estimate of drug-likeness (QED) is 0.893. The molecule has 1 aromatic heterocycles. The summed E-state index contributed by atoms with van der Waals surface area (Å²) in [5.74, 6) is 1.68. The third-order valence-electron chi connectivity index (χ3n) is 2.87. The molecule has 4 heteroatoms. The van der Waals surface area contributed by atoms with Crippen molar-refractivity contribution in [2.75, 3.05) is 13.7 Å². The summed E-state index contributed by atoms with van der Waals surface area (Å²) in [5.41, 5.74) is 8.47. The number of rotatable bonds is 5. The number of hydrogen-bond donors (Lipinski definition) is 1. The van der Waals surface area contributed by atoms with E-state index in [4.69, 9.17) is 10.5 Å². The van der Waals surface area contributed by atoms with Gasteiger partial charge in [0.15, 0.2) is 0 Å². The monoisotopic (exact) mass is 257 g/mol. The Balaban J connectivity index is 2.34. The molecule has 0 aliphatic rings. The van der Waals surface area contributed by atoms with Crippen molar-refractivity contribution in [2.24, 2.45) is 5.73 Å². The van der Waals surface area contributed by atoms with E-state index in [1.165, 1.54) is 0 Å². The Kier molecular flexibility index (Phi) is 4.47. The van der Waals surface area contributed by atoms with Crippen LogP contribution in [0.4, 0.5) is 0 Å². The van der Waals surface area contributed by atoms with E-state index in [-0.39, 0.29) is 0 Å². The molecule has 0 saturated heterocycles. The summed E-state index contributed by atoms with van der Waals surface area (Å²) in [5, 5.41) is 0. The minimum atomic E-state index is 0.659. The largest absolute Gasteiger partial charge is 0.497 e. The maximum Gasteiger partial charge on any atom is 0.129 e. The second kappa shape index (κ2) is 6.29. The Morgan fingerprint density at radius 3 is 2.79 bits per heavy atom. The average molecular weight is 257 g/mol. The van der Waals surface area contributed by atoms with Crippen LogP contribution in [0.2, 0.25) is 0 Å². The molecule has 4 nitrogen and oxygen atoms in total. The molecule has 19 heavy (non-hydrogen) atoms. The third-order valence-corrected chi connectivity index (χ3v) is 2.87. The van der Waals surface area contributed by atoms with Crippen LogP contribution < -0.4 is 10.5 Å². The fourth-order valence-corrected chi connectivity index (χ4v) is 1.93. The summed E-state index contributed by atoms with van der Waals surface area (Å²) >= 11 is 0. The van der Waals surface area contributed by atoms with Crippen molar-refractivity contribution in [3.63, 3.8) is 0 Å². The van der Waals surface area contributed by atoms with Gasteiger partial charge >= 0.3 is 0 Å². The van der Waals surface area contributed by atoms with Crippen LogP contribution in [0.15, 0.2) is 30.3 Å². The molecule has 100 valence electrons. The second-order valence-electron chi connectivity index (χ2n) is 4.43. The standard InChI is InChI=1S/C15H19N3O/c1-11-9-14(18-15(17-11)7-4-8-16)12-5-3-6-13(10-12)19-2/h3,5-6,9-10H,4,7-8,16H2,1-2H3. The van der Waals surface area contributed by atoms with Crippen molar-refractivity contribution in [3.05, 3.63) is 41.9 Å². The number of hydrogen-bond acceptors (Lipinski definition) is 4. The fraction of sp³-hybridized carbons (Fsp3) is 0.333. The van der Waals surface area contributed by atoms with E-state index in [2.05, 4.69) is 9.97 Å². The van der Waals surface area contributed by atoms with Crippen molar-refractivity contribution in [3.8, 4) is 17.0 Å². The lowest BCUT2D eigenvalue weighted by molar-refractivity contribution is 0.415. The molecule has 0 amide bonds. The summed E-state index contributed by atoms with van der Waals surface area (Å²) in [7, 11) is 1.66. The molecule has 1 heterocycles. The van der Waals surface area contributed by atoms with Gasteiger partial charge in [-0.05, 0) is 38.1 Å². The Morgan fingerprint density at radius 1 is 1.21 bits per heavy atom. The van der Waals surface area contributed by atoms with Gasteiger partial charge in [-0.1, -0.05) is 12.1 Å². The molecule has 0 radical (unpaired) electrons. The topological polar surface area (TPSA) is 61.0 Å². The zero-order valence-electron chi connectivity index (χ0n) is 11.4. The molecule has 0 aliphatic heterocycles. The molecule has 0 saturated carbocycles. The Bertz CT molecular complexity index is 555. The van der Waals surface area contributed by atoms with Crippen LogP contribution in [0, 0.1) is 6.92 Å². The van der Waals surface area contributed by atoms with E-state index in [9.17, 15) is 0 Å². The Hall–Kier alpha value is -1.94. The van der Waals surface area contributed by atoms with E-state index >= 15 is 0 Å². The smallest absolute Gasteiger partial charge is 0.129 e. The number of benzene rings is 1. The number of nitrogens with two attached hydrogens (primary N) is 1. The molecule has 2 aromatic rings. The molecule has 2 rings (SSSR count). The zero-order valence-corrected chi connectivity index (χ0v) is 11.4. The summed E-state index contributed by atoms with van der Waals surface area (Å²) in [4.78, 5) is 9.04. The summed E-state index contributed by atoms with van der Waals surface area (Å²) < 4.78 is 5.24. The van der Waals surface area contributed by atoms with Gasteiger partial charge in [0.2, 0.25) is 0 Å². The van der Waals surface area contributed by atoms with Gasteiger partial charge in [-0.25, -0.2) is 9.97 Å². The molecule has 0 unspecified atom stereocenters. The molecular weight excluding hydrogens is 238 g/mol. The highest BCUT2D eigenvalue weighted by Gasteiger charge is 2.05. The molecule has 0 aliphatic carbocycles. The minimum absolute atomic E-state index is 0.659. The highest BCUT2D eigenvalue weighted by atomic mass is 16.5. The minimum Gasteiger partial charge on any atom is -0.497 e. The van der Waals surface area contributed by atoms with E-state index in [1.54, 1.807) is 7.11 Å². The molecule has 0 spiro atoms. The van der Waals surface area contributed by atoms with Crippen LogP contribution in [0.5, 0.6) is 5.75 Å². The first-order valence-corrected chi connectivity index (χ1v) is 6.42. The highest BCUT2D eigenvalue weighted by molar-refractivity contribution is 5.61. The first-order chi connectivity index (χ1) is 9.22. The summed E-state index contributed by atoms with van der Waals surface area (Å²) in [6.07, 6.45) is 1.72. The van der Waals surface area contributed by atoms with E-state index in [0.717, 1.165) is 41.4 Å². The van der Waals surface area contributed by atoms with Gasteiger partial charge in [0.25, 0.3) is 0 Å². The van der Waals surface area contributed by atoms with Crippen LogP contribution in [0.1, 0.15) is 17.9 Å². The van der Waals surface area contributed by atoms with Crippen LogP contribution in [-0.2, 0) is 6.42 Å². The summed E-state index contributed by atoms with van der Waals surface area (Å²) in [6.45, 7) is 2.64. The molecule has 2 N–H and O–H groups in total. The van der Waals surface area contributed by atoms with Crippen LogP contribution in [0.25, 0.3) is 11.3 Å². The summed E-state index contributed by atoms with van der Waals surface area (Å²) in [6, 6.07) is 9.88. The van der Waals surface area contributed by atoms with Crippen molar-refractivity contribution in [1.82, 2.24) is 9.97 Å². The van der Waals surface area contributed by atoms with Crippen LogP contribution in [0.3, 0.4) is 0 Å². The van der Waals surface area contributed by atoms with E-state index in [0.29, 0.717) is 6.54 Å². The van der Waals surface area contributed by atoms with Crippen LogP contribution >= 0.6 is 0 Å². The highest BCUT2D eigenvalue weighted by Crippen LogP contribution is 2.22. The van der Waals surface area contributed by atoms with E-state index < -0.39 is 0 Å². The Labute approximate surface area is 113 Å². The Morgan fingerprint density at radius 2 is 2.05 bits per heavy atom. The molecule has 0 bridgehead atoms. The number of nitrogens with zero attached hydrogens (tertiary/aromatic N) is 2. The van der Waals surface area contributed by atoms with Gasteiger partial charge in [-0.3, -0.25) is 0 Å². The maximum absolute atomic E-state index is 5.53.